The number of nitrogens with two attached hydrogens (primary N) is 1. The maximum absolute atomic E-state index is 11.5. The van der Waals surface area contributed by atoms with E-state index in [1.807, 2.05) is 6.07 Å². The van der Waals surface area contributed by atoms with Gasteiger partial charge in [-0.2, -0.15) is 5.10 Å². The Balaban J connectivity index is 1.84. The van der Waals surface area contributed by atoms with Crippen molar-refractivity contribution in [2.24, 2.45) is 5.92 Å². The van der Waals surface area contributed by atoms with Crippen LogP contribution in [-0.4, -0.2) is 29.7 Å². The SMILES string of the molecule is CC(c1cc(N)n(C2CCS(=O)(=O)C2)n1)C1CC1. The minimum Gasteiger partial charge on any atom is -0.384 e. The van der Waals surface area contributed by atoms with E-state index < -0.39 is 9.84 Å². The molecule has 100 valence electrons. The number of aromatic nitrogens is 2. The zero-order chi connectivity index (χ0) is 12.9. The van der Waals surface area contributed by atoms with Crippen LogP contribution in [0.3, 0.4) is 0 Å². The maximum Gasteiger partial charge on any atom is 0.152 e. The van der Waals surface area contributed by atoms with Gasteiger partial charge in [-0.05, 0) is 25.2 Å². The zero-order valence-corrected chi connectivity index (χ0v) is 11.4. The van der Waals surface area contributed by atoms with E-state index in [0.29, 0.717) is 18.2 Å². The van der Waals surface area contributed by atoms with Crippen LogP contribution in [0.4, 0.5) is 5.82 Å². The molecule has 2 unspecified atom stereocenters. The Bertz CT molecular complexity index is 560. The second-order valence-corrected chi connectivity index (χ2v) is 7.85. The molecule has 0 radical (unpaired) electrons. The van der Waals surface area contributed by atoms with Crippen molar-refractivity contribution in [3.63, 3.8) is 0 Å². The number of anilines is 1. The van der Waals surface area contributed by atoms with Crippen LogP contribution in [0.25, 0.3) is 0 Å². The van der Waals surface area contributed by atoms with Gasteiger partial charge in [-0.1, -0.05) is 6.92 Å². The lowest BCUT2D eigenvalue weighted by Gasteiger charge is -2.10. The van der Waals surface area contributed by atoms with Gasteiger partial charge in [0.15, 0.2) is 9.84 Å². The molecule has 1 aliphatic carbocycles. The van der Waals surface area contributed by atoms with Gasteiger partial charge < -0.3 is 5.73 Å². The van der Waals surface area contributed by atoms with E-state index >= 15 is 0 Å². The topological polar surface area (TPSA) is 78.0 Å². The smallest absolute Gasteiger partial charge is 0.152 e. The third-order valence-electron chi connectivity index (χ3n) is 4.13. The summed E-state index contributed by atoms with van der Waals surface area (Å²) in [4.78, 5) is 0. The van der Waals surface area contributed by atoms with Crippen molar-refractivity contribution in [1.82, 2.24) is 9.78 Å². The van der Waals surface area contributed by atoms with Crippen molar-refractivity contribution in [2.75, 3.05) is 17.2 Å². The number of hydrogen-bond donors (Lipinski definition) is 1. The lowest BCUT2D eigenvalue weighted by Crippen LogP contribution is -2.15. The molecule has 3 rings (SSSR count). The summed E-state index contributed by atoms with van der Waals surface area (Å²) in [6.45, 7) is 2.18. The van der Waals surface area contributed by atoms with Gasteiger partial charge in [0, 0.05) is 12.0 Å². The summed E-state index contributed by atoms with van der Waals surface area (Å²) >= 11 is 0. The molecule has 6 heteroatoms. The van der Waals surface area contributed by atoms with Crippen molar-refractivity contribution in [3.05, 3.63) is 11.8 Å². The quantitative estimate of drug-likeness (QED) is 0.898. The first kappa shape index (κ1) is 12.0. The lowest BCUT2D eigenvalue weighted by atomic mass is 10.0. The molecule has 1 aromatic heterocycles. The molecule has 1 saturated heterocycles. The predicted octanol–water partition coefficient (Wildman–Crippen LogP) is 1.34. The molecule has 1 saturated carbocycles. The third kappa shape index (κ3) is 2.13. The molecule has 0 aromatic carbocycles. The van der Waals surface area contributed by atoms with Gasteiger partial charge in [0.2, 0.25) is 0 Å². The van der Waals surface area contributed by atoms with E-state index in [9.17, 15) is 8.42 Å². The predicted molar refractivity (Wildman–Crippen MR) is 70.1 cm³/mol. The molecule has 1 aliphatic heterocycles. The van der Waals surface area contributed by atoms with E-state index in [1.165, 1.54) is 12.8 Å². The average Bonchev–Trinajstić information content (AvgIpc) is 2.99. The highest BCUT2D eigenvalue weighted by molar-refractivity contribution is 7.91. The van der Waals surface area contributed by atoms with Gasteiger partial charge in [-0.25, -0.2) is 13.1 Å². The summed E-state index contributed by atoms with van der Waals surface area (Å²) < 4.78 is 24.7. The summed E-state index contributed by atoms with van der Waals surface area (Å²) in [5.41, 5.74) is 6.99. The Morgan fingerprint density at radius 3 is 2.72 bits per heavy atom. The number of nitrogen functional groups attached to an aromatic ring is 1. The summed E-state index contributed by atoms with van der Waals surface area (Å²) in [5.74, 6) is 2.20. The molecule has 0 spiro atoms. The van der Waals surface area contributed by atoms with E-state index in [2.05, 4.69) is 12.0 Å². The minimum atomic E-state index is -2.89. The molecule has 2 heterocycles. The molecule has 2 aliphatic rings. The normalized spacial score (nSPS) is 28.4. The second kappa shape index (κ2) is 3.98. The zero-order valence-electron chi connectivity index (χ0n) is 10.5. The molecule has 2 N–H and O–H groups in total. The highest BCUT2D eigenvalue weighted by Gasteiger charge is 2.34. The number of nitrogens with zero attached hydrogens (tertiary/aromatic N) is 2. The molecule has 0 amide bonds. The first-order chi connectivity index (χ1) is 8.46. The van der Waals surface area contributed by atoms with Crippen LogP contribution in [0.1, 0.15) is 43.8 Å². The van der Waals surface area contributed by atoms with Crippen LogP contribution in [0.15, 0.2) is 6.07 Å². The Morgan fingerprint density at radius 2 is 2.17 bits per heavy atom. The van der Waals surface area contributed by atoms with Crippen LogP contribution in [0.2, 0.25) is 0 Å². The van der Waals surface area contributed by atoms with Gasteiger partial charge in [-0.3, -0.25) is 0 Å². The summed E-state index contributed by atoms with van der Waals surface area (Å²) in [7, 11) is -2.89. The van der Waals surface area contributed by atoms with Crippen molar-refractivity contribution >= 4 is 15.7 Å². The number of rotatable bonds is 3. The highest BCUT2D eigenvalue weighted by Crippen LogP contribution is 2.42. The monoisotopic (exact) mass is 269 g/mol. The van der Waals surface area contributed by atoms with Crippen LogP contribution < -0.4 is 5.73 Å². The lowest BCUT2D eigenvalue weighted by molar-refractivity contribution is 0.493. The van der Waals surface area contributed by atoms with Crippen LogP contribution in [0.5, 0.6) is 0 Å². The third-order valence-corrected chi connectivity index (χ3v) is 5.88. The average molecular weight is 269 g/mol. The first-order valence-electron chi connectivity index (χ1n) is 6.51. The summed E-state index contributed by atoms with van der Waals surface area (Å²) in [5, 5.41) is 4.55. The fourth-order valence-electron chi connectivity index (χ4n) is 2.75. The van der Waals surface area contributed by atoms with Crippen LogP contribution >= 0.6 is 0 Å². The van der Waals surface area contributed by atoms with Gasteiger partial charge in [0.25, 0.3) is 0 Å². The molecular weight excluding hydrogens is 250 g/mol. The van der Waals surface area contributed by atoms with Gasteiger partial charge in [-0.15, -0.1) is 0 Å². The number of hydrogen-bond acceptors (Lipinski definition) is 4. The fraction of sp³-hybridized carbons (Fsp3) is 0.750. The standard InChI is InChI=1S/C12H19N3O2S/c1-8(9-2-3-9)11-6-12(13)15(14-11)10-4-5-18(16,17)7-10/h6,8-10H,2-5,7,13H2,1H3. The first-order valence-corrected chi connectivity index (χ1v) is 8.34. The Labute approximate surface area is 107 Å². The van der Waals surface area contributed by atoms with Crippen molar-refractivity contribution in [2.45, 2.75) is 38.1 Å². The van der Waals surface area contributed by atoms with E-state index in [0.717, 1.165) is 11.6 Å². The van der Waals surface area contributed by atoms with Gasteiger partial charge in [0.05, 0.1) is 23.2 Å². The number of sulfone groups is 1. The van der Waals surface area contributed by atoms with E-state index in [1.54, 1.807) is 4.68 Å². The van der Waals surface area contributed by atoms with Crippen LogP contribution in [-0.2, 0) is 9.84 Å². The fourth-order valence-corrected chi connectivity index (χ4v) is 4.44. The highest BCUT2D eigenvalue weighted by atomic mass is 32.2. The Morgan fingerprint density at radius 1 is 1.44 bits per heavy atom. The van der Waals surface area contributed by atoms with E-state index in [-0.39, 0.29) is 17.5 Å². The van der Waals surface area contributed by atoms with E-state index in [4.69, 9.17) is 5.73 Å². The van der Waals surface area contributed by atoms with Gasteiger partial charge in [0.1, 0.15) is 5.82 Å². The van der Waals surface area contributed by atoms with Crippen molar-refractivity contribution in [3.8, 4) is 0 Å². The maximum atomic E-state index is 11.5. The minimum absolute atomic E-state index is 0.0739. The molecule has 0 bridgehead atoms. The Kier molecular flexibility index (Phi) is 2.66. The van der Waals surface area contributed by atoms with Crippen LogP contribution in [0, 0.1) is 5.92 Å². The molecular formula is C12H19N3O2S. The van der Waals surface area contributed by atoms with Crippen molar-refractivity contribution in [1.29, 1.82) is 0 Å². The summed E-state index contributed by atoms with van der Waals surface area (Å²) in [6.07, 6.45) is 3.17. The summed E-state index contributed by atoms with van der Waals surface area (Å²) in [6, 6.07) is 1.84. The Hall–Kier alpha value is -1.04. The molecule has 2 fully saturated rings. The largest absolute Gasteiger partial charge is 0.384 e. The molecule has 5 nitrogen and oxygen atoms in total. The van der Waals surface area contributed by atoms with Crippen molar-refractivity contribution < 1.29 is 8.42 Å². The molecule has 2 atom stereocenters. The molecule has 1 aromatic rings. The second-order valence-electron chi connectivity index (χ2n) is 5.62. The van der Waals surface area contributed by atoms with Gasteiger partial charge >= 0.3 is 0 Å². The molecule has 18 heavy (non-hydrogen) atoms.